The van der Waals surface area contributed by atoms with E-state index in [1.54, 1.807) is 48.5 Å². The lowest BCUT2D eigenvalue weighted by molar-refractivity contribution is 0.0591. The van der Waals surface area contributed by atoms with Crippen LogP contribution in [0.15, 0.2) is 48.5 Å². The molecule has 0 atom stereocenters. The summed E-state index contributed by atoms with van der Waals surface area (Å²) in [6.07, 6.45) is 9.29. The summed E-state index contributed by atoms with van der Waals surface area (Å²) in [5, 5.41) is 0. The Kier molecular flexibility index (Phi) is 11.7. The molecule has 0 aliphatic heterocycles. The van der Waals surface area contributed by atoms with Crippen LogP contribution < -0.4 is 9.47 Å². The highest BCUT2D eigenvalue weighted by molar-refractivity contribution is 5.89. The first kappa shape index (κ1) is 25.2. The van der Waals surface area contributed by atoms with E-state index in [1.807, 2.05) is 0 Å². The third kappa shape index (κ3) is 9.41. The number of hydrogen-bond donors (Lipinski definition) is 0. The van der Waals surface area contributed by atoms with Crippen molar-refractivity contribution in [3.63, 3.8) is 0 Å². The van der Waals surface area contributed by atoms with E-state index in [4.69, 9.17) is 9.47 Å². The number of carbonyl (C=O) groups is 2. The molecule has 32 heavy (non-hydrogen) atoms. The third-order valence-electron chi connectivity index (χ3n) is 5.13. The zero-order valence-corrected chi connectivity index (χ0v) is 19.1. The van der Waals surface area contributed by atoms with Crippen molar-refractivity contribution < 1.29 is 28.5 Å². The summed E-state index contributed by atoms with van der Waals surface area (Å²) >= 11 is 0. The van der Waals surface area contributed by atoms with Crippen molar-refractivity contribution in [3.8, 4) is 11.5 Å². The SMILES string of the molecule is COC(=O)c1ccc(OCCCCCCCCCCOc2ccc(C(=O)OC)cc2)cc1. The molecule has 174 valence electrons. The molecule has 0 fully saturated rings. The molecule has 6 heteroatoms. The molecule has 0 N–H and O–H groups in total. The van der Waals surface area contributed by atoms with Crippen LogP contribution in [0.25, 0.3) is 0 Å². The van der Waals surface area contributed by atoms with Gasteiger partial charge in [0.2, 0.25) is 0 Å². The maximum absolute atomic E-state index is 11.4. The van der Waals surface area contributed by atoms with Gasteiger partial charge >= 0.3 is 11.9 Å². The first-order valence-corrected chi connectivity index (χ1v) is 11.3. The van der Waals surface area contributed by atoms with E-state index in [9.17, 15) is 9.59 Å². The van der Waals surface area contributed by atoms with Gasteiger partial charge in [0.25, 0.3) is 0 Å². The summed E-state index contributed by atoms with van der Waals surface area (Å²) in [4.78, 5) is 22.8. The second-order valence-electron chi connectivity index (χ2n) is 7.56. The Balaban J connectivity index is 1.41. The Bertz CT molecular complexity index is 729. The molecule has 2 aromatic rings. The number of carbonyl (C=O) groups excluding carboxylic acids is 2. The minimum absolute atomic E-state index is 0.337. The number of rotatable bonds is 15. The highest BCUT2D eigenvalue weighted by atomic mass is 16.5. The largest absolute Gasteiger partial charge is 0.494 e. The van der Waals surface area contributed by atoms with Gasteiger partial charge in [-0.3, -0.25) is 0 Å². The molecule has 0 aliphatic rings. The average molecular weight is 443 g/mol. The van der Waals surface area contributed by atoms with Crippen molar-refractivity contribution in [1.82, 2.24) is 0 Å². The molecular formula is C26H34O6. The fourth-order valence-electron chi connectivity index (χ4n) is 3.26. The molecule has 6 nitrogen and oxygen atoms in total. The van der Waals surface area contributed by atoms with Crippen LogP contribution in [0.2, 0.25) is 0 Å². The number of unbranched alkanes of at least 4 members (excludes halogenated alkanes) is 7. The van der Waals surface area contributed by atoms with Crippen LogP contribution in [0.5, 0.6) is 11.5 Å². The van der Waals surface area contributed by atoms with E-state index in [1.165, 1.54) is 39.9 Å². The lowest BCUT2D eigenvalue weighted by atomic mass is 10.1. The number of methoxy groups -OCH3 is 2. The summed E-state index contributed by atoms with van der Waals surface area (Å²) < 4.78 is 20.8. The second kappa shape index (κ2) is 14.9. The molecule has 0 bridgehead atoms. The highest BCUT2D eigenvalue weighted by Gasteiger charge is 2.05. The molecule has 0 heterocycles. The van der Waals surface area contributed by atoms with E-state index in [2.05, 4.69) is 9.47 Å². The van der Waals surface area contributed by atoms with Crippen LogP contribution in [-0.2, 0) is 9.47 Å². The van der Waals surface area contributed by atoms with Crippen molar-refractivity contribution in [2.45, 2.75) is 51.4 Å². The topological polar surface area (TPSA) is 71.1 Å². The summed E-state index contributed by atoms with van der Waals surface area (Å²) in [5.74, 6) is 0.880. The van der Waals surface area contributed by atoms with Gasteiger partial charge in [0.15, 0.2) is 0 Å². The number of benzene rings is 2. The maximum Gasteiger partial charge on any atom is 0.337 e. The highest BCUT2D eigenvalue weighted by Crippen LogP contribution is 2.15. The molecular weight excluding hydrogens is 408 g/mol. The van der Waals surface area contributed by atoms with E-state index < -0.39 is 0 Å². The van der Waals surface area contributed by atoms with Gasteiger partial charge in [0.05, 0.1) is 38.6 Å². The summed E-state index contributed by atoms with van der Waals surface area (Å²) in [7, 11) is 2.75. The Morgan fingerprint density at radius 2 is 0.844 bits per heavy atom. The Morgan fingerprint density at radius 3 is 1.16 bits per heavy atom. The quantitative estimate of drug-likeness (QED) is 0.255. The van der Waals surface area contributed by atoms with Crippen molar-refractivity contribution in [1.29, 1.82) is 0 Å². The van der Waals surface area contributed by atoms with E-state index in [0.29, 0.717) is 24.3 Å². The molecule has 2 aromatic carbocycles. The van der Waals surface area contributed by atoms with Gasteiger partial charge in [-0.25, -0.2) is 9.59 Å². The standard InChI is InChI=1S/C26H34O6/c1-29-25(27)21-11-15-23(16-12-21)31-19-9-7-5-3-4-6-8-10-20-32-24-17-13-22(14-18-24)26(28)30-2/h11-18H,3-10,19-20H2,1-2H3. The van der Waals surface area contributed by atoms with Crippen LogP contribution in [0, 0.1) is 0 Å². The molecule has 0 saturated carbocycles. The number of hydrogen-bond acceptors (Lipinski definition) is 6. The van der Waals surface area contributed by atoms with Crippen molar-refractivity contribution in [3.05, 3.63) is 59.7 Å². The predicted molar refractivity (Wildman–Crippen MR) is 123 cm³/mol. The Hall–Kier alpha value is -3.02. The normalized spacial score (nSPS) is 10.4. The van der Waals surface area contributed by atoms with Gasteiger partial charge < -0.3 is 18.9 Å². The van der Waals surface area contributed by atoms with Crippen LogP contribution in [-0.4, -0.2) is 39.4 Å². The number of esters is 2. The van der Waals surface area contributed by atoms with Crippen molar-refractivity contribution >= 4 is 11.9 Å². The molecule has 0 spiro atoms. The summed E-state index contributed by atoms with van der Waals surface area (Å²) in [6.45, 7) is 1.38. The average Bonchev–Trinajstić information content (AvgIpc) is 2.84. The van der Waals surface area contributed by atoms with Gasteiger partial charge in [-0.1, -0.05) is 38.5 Å². The summed E-state index contributed by atoms with van der Waals surface area (Å²) in [5.41, 5.74) is 1.06. The fraction of sp³-hybridized carbons (Fsp3) is 0.462. The van der Waals surface area contributed by atoms with Gasteiger partial charge in [-0.05, 0) is 61.4 Å². The smallest absolute Gasteiger partial charge is 0.337 e. The van der Waals surface area contributed by atoms with Gasteiger partial charge in [0, 0.05) is 0 Å². The molecule has 0 amide bonds. The molecule has 0 unspecified atom stereocenters. The minimum Gasteiger partial charge on any atom is -0.494 e. The first-order valence-electron chi connectivity index (χ1n) is 11.3. The zero-order chi connectivity index (χ0) is 23.0. The minimum atomic E-state index is -0.337. The summed E-state index contributed by atoms with van der Waals surface area (Å²) in [6, 6.07) is 14.1. The van der Waals surface area contributed by atoms with Gasteiger partial charge in [0.1, 0.15) is 11.5 Å². The monoisotopic (exact) mass is 442 g/mol. The van der Waals surface area contributed by atoms with E-state index in [-0.39, 0.29) is 11.9 Å². The lowest BCUT2D eigenvalue weighted by Gasteiger charge is -2.08. The maximum atomic E-state index is 11.4. The first-order chi connectivity index (χ1) is 15.6. The van der Waals surface area contributed by atoms with E-state index >= 15 is 0 Å². The predicted octanol–water partition coefficient (Wildman–Crippen LogP) is 5.84. The molecule has 0 saturated heterocycles. The second-order valence-corrected chi connectivity index (χ2v) is 7.56. The lowest BCUT2D eigenvalue weighted by Crippen LogP contribution is -2.02. The van der Waals surface area contributed by atoms with Crippen LogP contribution >= 0.6 is 0 Å². The van der Waals surface area contributed by atoms with E-state index in [0.717, 1.165) is 37.2 Å². The van der Waals surface area contributed by atoms with Crippen LogP contribution in [0.1, 0.15) is 72.1 Å². The Morgan fingerprint density at radius 1 is 0.531 bits per heavy atom. The zero-order valence-electron chi connectivity index (χ0n) is 19.1. The van der Waals surface area contributed by atoms with Crippen LogP contribution in [0.3, 0.4) is 0 Å². The van der Waals surface area contributed by atoms with Gasteiger partial charge in [-0.2, -0.15) is 0 Å². The number of ether oxygens (including phenoxy) is 4. The van der Waals surface area contributed by atoms with Crippen molar-refractivity contribution in [2.24, 2.45) is 0 Å². The third-order valence-corrected chi connectivity index (χ3v) is 5.13. The van der Waals surface area contributed by atoms with Crippen LogP contribution in [0.4, 0.5) is 0 Å². The molecule has 2 rings (SSSR count). The fourth-order valence-corrected chi connectivity index (χ4v) is 3.26. The van der Waals surface area contributed by atoms with Gasteiger partial charge in [-0.15, -0.1) is 0 Å². The molecule has 0 radical (unpaired) electrons. The van der Waals surface area contributed by atoms with Crippen molar-refractivity contribution in [2.75, 3.05) is 27.4 Å². The molecule has 0 aromatic heterocycles. The Labute approximate surface area is 190 Å². The molecule has 0 aliphatic carbocycles.